The van der Waals surface area contributed by atoms with Gasteiger partial charge in [0.15, 0.2) is 0 Å². The third-order valence-electron chi connectivity index (χ3n) is 4.84. The van der Waals surface area contributed by atoms with Gasteiger partial charge in [0, 0.05) is 35.9 Å². The number of ether oxygens (including phenoxy) is 1. The quantitative estimate of drug-likeness (QED) is 0.819. The van der Waals surface area contributed by atoms with Crippen molar-refractivity contribution in [3.63, 3.8) is 0 Å². The van der Waals surface area contributed by atoms with Crippen LogP contribution in [-0.2, 0) is 11.3 Å². The first-order valence-corrected chi connectivity index (χ1v) is 9.59. The van der Waals surface area contributed by atoms with Crippen LogP contribution in [0.3, 0.4) is 0 Å². The van der Waals surface area contributed by atoms with E-state index in [1.54, 1.807) is 12.0 Å². The highest BCUT2D eigenvalue weighted by Crippen LogP contribution is 2.25. The topological polar surface area (TPSA) is 61.9 Å². The molecule has 28 heavy (non-hydrogen) atoms. The van der Waals surface area contributed by atoms with Gasteiger partial charge < -0.3 is 15.0 Å². The van der Waals surface area contributed by atoms with Crippen molar-refractivity contribution in [1.82, 2.24) is 4.90 Å². The summed E-state index contributed by atoms with van der Waals surface area (Å²) in [6.07, 6.45) is 0.896. The summed E-state index contributed by atoms with van der Waals surface area (Å²) in [4.78, 5) is 28.5. The van der Waals surface area contributed by atoms with E-state index in [0.29, 0.717) is 13.1 Å². The Balaban J connectivity index is 1.71. The van der Waals surface area contributed by atoms with Gasteiger partial charge in [0.05, 0.1) is 13.7 Å². The average Bonchev–Trinajstić information content (AvgIpc) is 2.70. The zero-order valence-electron chi connectivity index (χ0n) is 16.6. The van der Waals surface area contributed by atoms with Crippen LogP contribution in [0.1, 0.15) is 25.8 Å². The van der Waals surface area contributed by atoms with E-state index in [0.717, 1.165) is 35.7 Å². The molecule has 3 amide bonds. The normalized spacial score (nSPS) is 14.4. The molecule has 2 aromatic carbocycles. The minimum Gasteiger partial charge on any atom is -0.496 e. The van der Waals surface area contributed by atoms with Crippen LogP contribution in [0.25, 0.3) is 0 Å². The van der Waals surface area contributed by atoms with Gasteiger partial charge in [-0.3, -0.25) is 9.69 Å². The molecule has 1 aliphatic rings. The van der Waals surface area contributed by atoms with Gasteiger partial charge in [-0.1, -0.05) is 32.0 Å². The fourth-order valence-corrected chi connectivity index (χ4v) is 3.22. The fourth-order valence-electron chi connectivity index (χ4n) is 3.22. The van der Waals surface area contributed by atoms with Crippen molar-refractivity contribution in [3.8, 4) is 5.75 Å². The molecular weight excluding hydrogens is 354 g/mol. The largest absolute Gasteiger partial charge is 0.496 e. The van der Waals surface area contributed by atoms with Gasteiger partial charge in [0.2, 0.25) is 5.91 Å². The van der Waals surface area contributed by atoms with Crippen LogP contribution >= 0.6 is 0 Å². The maximum absolute atomic E-state index is 13.0. The molecular formula is C22H27N3O3. The second-order valence-corrected chi connectivity index (χ2v) is 7.21. The first kappa shape index (κ1) is 19.7. The van der Waals surface area contributed by atoms with E-state index in [4.69, 9.17) is 4.74 Å². The lowest BCUT2D eigenvalue weighted by Gasteiger charge is -2.36. The number of carbonyl (C=O) groups excluding carboxylic acids is 2. The highest BCUT2D eigenvalue weighted by molar-refractivity contribution is 5.94. The Morgan fingerprint density at radius 2 is 1.82 bits per heavy atom. The van der Waals surface area contributed by atoms with Crippen molar-refractivity contribution in [1.29, 1.82) is 0 Å². The minimum absolute atomic E-state index is 0.0175. The summed E-state index contributed by atoms with van der Waals surface area (Å²) in [7, 11) is 1.64. The van der Waals surface area contributed by atoms with Crippen molar-refractivity contribution >= 4 is 23.3 Å². The van der Waals surface area contributed by atoms with Crippen molar-refractivity contribution in [2.75, 3.05) is 30.4 Å². The summed E-state index contributed by atoms with van der Waals surface area (Å²) in [6.45, 7) is 5.62. The number of nitrogens with one attached hydrogen (secondary N) is 1. The molecule has 0 aromatic heterocycles. The molecule has 0 bridgehead atoms. The van der Waals surface area contributed by atoms with Crippen LogP contribution in [0, 0.1) is 5.92 Å². The molecule has 1 saturated heterocycles. The lowest BCUT2D eigenvalue weighted by molar-refractivity contribution is -0.118. The predicted octanol–water partition coefficient (Wildman–Crippen LogP) is 4.12. The Labute approximate surface area is 166 Å². The number of amides is 3. The van der Waals surface area contributed by atoms with Crippen LogP contribution in [0.4, 0.5) is 16.2 Å². The summed E-state index contributed by atoms with van der Waals surface area (Å²) >= 11 is 0. The Bertz CT molecular complexity index is 833. The second kappa shape index (κ2) is 8.78. The Morgan fingerprint density at radius 1 is 1.11 bits per heavy atom. The highest BCUT2D eigenvalue weighted by atomic mass is 16.5. The van der Waals surface area contributed by atoms with Crippen LogP contribution in [0.2, 0.25) is 0 Å². The number of hydrogen-bond donors (Lipinski definition) is 1. The summed E-state index contributed by atoms with van der Waals surface area (Å²) in [5.41, 5.74) is 2.56. The average molecular weight is 381 g/mol. The molecule has 6 heteroatoms. The first-order chi connectivity index (χ1) is 13.5. The van der Waals surface area contributed by atoms with E-state index in [2.05, 4.69) is 5.32 Å². The Hall–Kier alpha value is -3.02. The summed E-state index contributed by atoms with van der Waals surface area (Å²) in [6, 6.07) is 15.2. The molecule has 0 aliphatic carbocycles. The lowest BCUT2D eigenvalue weighted by atomic mass is 10.1. The SMILES string of the molecule is COc1ccccc1CN1CCCN(c2ccc(NC(=O)C(C)C)cc2)C1=O. The number of nitrogens with zero attached hydrogens (tertiary/aromatic N) is 2. The molecule has 1 N–H and O–H groups in total. The molecule has 1 heterocycles. The van der Waals surface area contributed by atoms with Crippen LogP contribution in [-0.4, -0.2) is 37.0 Å². The smallest absolute Gasteiger partial charge is 0.324 e. The molecule has 2 aromatic rings. The molecule has 148 valence electrons. The van der Waals surface area contributed by atoms with E-state index in [1.165, 1.54) is 0 Å². The number of benzene rings is 2. The summed E-state index contributed by atoms with van der Waals surface area (Å²) in [5, 5.41) is 2.87. The van der Waals surface area contributed by atoms with Crippen LogP contribution < -0.4 is 15.0 Å². The zero-order chi connectivity index (χ0) is 20.1. The highest BCUT2D eigenvalue weighted by Gasteiger charge is 2.27. The van der Waals surface area contributed by atoms with Crippen molar-refractivity contribution in [2.24, 2.45) is 5.92 Å². The first-order valence-electron chi connectivity index (χ1n) is 9.59. The summed E-state index contributed by atoms with van der Waals surface area (Å²) in [5.74, 6) is 0.689. The minimum atomic E-state index is -0.0770. The number of para-hydroxylation sites is 1. The molecule has 0 spiro atoms. The number of methoxy groups -OCH3 is 1. The van der Waals surface area contributed by atoms with E-state index in [9.17, 15) is 9.59 Å². The molecule has 1 aliphatic heterocycles. The maximum atomic E-state index is 13.0. The molecule has 0 atom stereocenters. The van der Waals surface area contributed by atoms with E-state index >= 15 is 0 Å². The van der Waals surface area contributed by atoms with Crippen molar-refractivity contribution in [3.05, 3.63) is 54.1 Å². The summed E-state index contributed by atoms with van der Waals surface area (Å²) < 4.78 is 5.41. The maximum Gasteiger partial charge on any atom is 0.324 e. The van der Waals surface area contributed by atoms with Gasteiger partial charge in [-0.25, -0.2) is 4.79 Å². The van der Waals surface area contributed by atoms with Crippen molar-refractivity contribution in [2.45, 2.75) is 26.8 Å². The third-order valence-corrected chi connectivity index (χ3v) is 4.84. The van der Waals surface area contributed by atoms with E-state index in [1.807, 2.05) is 67.3 Å². The van der Waals surface area contributed by atoms with Crippen molar-refractivity contribution < 1.29 is 14.3 Å². The van der Waals surface area contributed by atoms with Crippen LogP contribution in [0.15, 0.2) is 48.5 Å². The van der Waals surface area contributed by atoms with E-state index in [-0.39, 0.29) is 17.9 Å². The van der Waals surface area contributed by atoms with Gasteiger partial charge in [0.25, 0.3) is 0 Å². The molecule has 0 unspecified atom stereocenters. The van der Waals surface area contributed by atoms with Gasteiger partial charge >= 0.3 is 6.03 Å². The molecule has 3 rings (SSSR count). The standard InChI is InChI=1S/C22H27N3O3/c1-16(2)21(26)23-18-9-11-19(12-10-18)25-14-6-13-24(22(25)27)15-17-7-4-5-8-20(17)28-3/h4-5,7-12,16H,6,13-15H2,1-3H3,(H,23,26). The van der Waals surface area contributed by atoms with Gasteiger partial charge in [-0.15, -0.1) is 0 Å². The number of urea groups is 1. The number of anilines is 2. The van der Waals surface area contributed by atoms with E-state index < -0.39 is 0 Å². The van der Waals surface area contributed by atoms with Gasteiger partial charge in [-0.05, 0) is 36.8 Å². The number of carbonyl (C=O) groups is 2. The fraction of sp³-hybridized carbons (Fsp3) is 0.364. The third kappa shape index (κ3) is 4.44. The number of hydrogen-bond acceptors (Lipinski definition) is 3. The number of rotatable bonds is 6. The molecule has 1 fully saturated rings. The zero-order valence-corrected chi connectivity index (χ0v) is 16.6. The van der Waals surface area contributed by atoms with Gasteiger partial charge in [0.1, 0.15) is 5.75 Å². The lowest BCUT2D eigenvalue weighted by Crippen LogP contribution is -2.49. The monoisotopic (exact) mass is 381 g/mol. The second-order valence-electron chi connectivity index (χ2n) is 7.21. The Kier molecular flexibility index (Phi) is 6.19. The predicted molar refractivity (Wildman–Crippen MR) is 111 cm³/mol. The Morgan fingerprint density at radius 3 is 2.50 bits per heavy atom. The molecule has 0 radical (unpaired) electrons. The molecule has 6 nitrogen and oxygen atoms in total. The van der Waals surface area contributed by atoms with Crippen LogP contribution in [0.5, 0.6) is 5.75 Å². The van der Waals surface area contributed by atoms with Gasteiger partial charge in [-0.2, -0.15) is 0 Å². The molecule has 0 saturated carbocycles.